The zero-order valence-corrected chi connectivity index (χ0v) is 13.8. The van der Waals surface area contributed by atoms with Crippen LogP contribution in [-0.4, -0.2) is 4.98 Å². The third-order valence-corrected chi connectivity index (χ3v) is 7.75. The van der Waals surface area contributed by atoms with Crippen LogP contribution in [0.25, 0.3) is 0 Å². The normalized spacial score (nSPS) is 11.3. The van der Waals surface area contributed by atoms with Gasteiger partial charge in [0, 0.05) is 23.4 Å². The van der Waals surface area contributed by atoms with E-state index in [-0.39, 0.29) is 0 Å². The largest absolute Gasteiger partial charge is 0.276 e. The topological polar surface area (TPSA) is 24.9 Å². The van der Waals surface area contributed by atoms with Gasteiger partial charge in [0.2, 0.25) is 0 Å². The Balaban J connectivity index is 1.95. The summed E-state index contributed by atoms with van der Waals surface area (Å²) >= 11 is 6.11. The lowest BCUT2D eigenvalue weighted by atomic mass is 10.4. The van der Waals surface area contributed by atoms with Gasteiger partial charge in [-0.2, -0.15) is 0 Å². The number of hydrogen-bond donors (Lipinski definition) is 1. The van der Waals surface area contributed by atoms with Crippen molar-refractivity contribution < 1.29 is 0 Å². The van der Waals surface area contributed by atoms with E-state index in [0.717, 1.165) is 5.69 Å². The molecule has 1 aromatic heterocycles. The average molecular weight is 324 g/mol. The monoisotopic (exact) mass is 324 g/mol. The van der Waals surface area contributed by atoms with Gasteiger partial charge in [-0.05, 0) is 12.1 Å². The highest BCUT2D eigenvalue weighted by Gasteiger charge is 2.21. The first kappa shape index (κ1) is 15.1. The number of hydrogen-bond acceptors (Lipinski definition) is 2. The van der Waals surface area contributed by atoms with Crippen LogP contribution < -0.4 is 15.7 Å². The van der Waals surface area contributed by atoms with Gasteiger partial charge in [-0.1, -0.05) is 78.5 Å². The molecule has 0 spiro atoms. The van der Waals surface area contributed by atoms with Crippen LogP contribution in [-0.2, 0) is 18.4 Å². The summed E-state index contributed by atoms with van der Waals surface area (Å²) in [4.78, 5) is 4.38. The highest BCUT2D eigenvalue weighted by Crippen LogP contribution is 2.39. The molecule has 110 valence electrons. The van der Waals surface area contributed by atoms with Gasteiger partial charge in [-0.15, -0.1) is 0 Å². The van der Waals surface area contributed by atoms with Gasteiger partial charge in [0.25, 0.3) is 0 Å². The zero-order valence-electron chi connectivity index (χ0n) is 12.1. The molecule has 0 amide bonds. The Labute approximate surface area is 136 Å². The van der Waals surface area contributed by atoms with Gasteiger partial charge in [-0.25, -0.2) is 0 Å². The molecule has 0 fully saturated rings. The van der Waals surface area contributed by atoms with Gasteiger partial charge in [0.05, 0.1) is 11.9 Å². The van der Waals surface area contributed by atoms with Crippen molar-refractivity contribution in [2.24, 2.45) is 0 Å². The Morgan fingerprint density at radius 1 is 0.773 bits per heavy atom. The fourth-order valence-electron chi connectivity index (χ4n) is 2.30. The first-order chi connectivity index (χ1) is 10.8. The van der Waals surface area contributed by atoms with E-state index in [2.05, 4.69) is 34.3 Å². The van der Waals surface area contributed by atoms with Crippen molar-refractivity contribution in [3.63, 3.8) is 0 Å². The van der Waals surface area contributed by atoms with E-state index in [1.165, 1.54) is 10.6 Å². The van der Waals surface area contributed by atoms with Crippen molar-refractivity contribution in [3.8, 4) is 0 Å². The maximum Gasteiger partial charge on any atom is 0.0687 e. The quantitative estimate of drug-likeness (QED) is 0.730. The van der Waals surface area contributed by atoms with Crippen LogP contribution in [0.3, 0.4) is 0 Å². The van der Waals surface area contributed by atoms with Crippen LogP contribution in [0.15, 0.2) is 85.1 Å². The van der Waals surface area contributed by atoms with Crippen LogP contribution in [0.5, 0.6) is 0 Å². The number of pyridine rings is 1. The smallest absolute Gasteiger partial charge is 0.0687 e. The summed E-state index contributed by atoms with van der Waals surface area (Å²) in [5.41, 5.74) is 1.00. The fraction of sp³-hybridized carbons (Fsp3) is 0.0556. The summed E-state index contributed by atoms with van der Waals surface area (Å²) in [5.74, 6) is 0. The molecular formula is C18H17N2PS. The lowest BCUT2D eigenvalue weighted by Crippen LogP contribution is -2.27. The molecule has 3 aromatic rings. The Morgan fingerprint density at radius 3 is 1.82 bits per heavy atom. The Kier molecular flexibility index (Phi) is 4.79. The van der Waals surface area contributed by atoms with E-state index in [1.807, 2.05) is 60.8 Å². The van der Waals surface area contributed by atoms with E-state index in [1.54, 1.807) is 0 Å². The van der Waals surface area contributed by atoms with Gasteiger partial charge < -0.3 is 0 Å². The van der Waals surface area contributed by atoms with Crippen molar-refractivity contribution in [2.45, 2.75) is 6.54 Å². The highest BCUT2D eigenvalue weighted by atomic mass is 32.4. The molecule has 0 aliphatic carbocycles. The van der Waals surface area contributed by atoms with Crippen LogP contribution in [0, 0.1) is 0 Å². The molecule has 0 atom stereocenters. The molecule has 1 N–H and O–H groups in total. The number of benzene rings is 2. The molecule has 0 saturated carbocycles. The van der Waals surface area contributed by atoms with Crippen molar-refractivity contribution in [3.05, 3.63) is 90.8 Å². The predicted molar refractivity (Wildman–Crippen MR) is 97.5 cm³/mol. The number of aromatic nitrogens is 1. The maximum atomic E-state index is 6.11. The summed E-state index contributed by atoms with van der Waals surface area (Å²) in [5, 5.41) is 5.95. The fourth-order valence-corrected chi connectivity index (χ4v) is 5.46. The van der Waals surface area contributed by atoms with Gasteiger partial charge in [-0.3, -0.25) is 10.1 Å². The summed E-state index contributed by atoms with van der Waals surface area (Å²) in [6, 6.07) is 26.6. The molecule has 0 aliphatic heterocycles. The third-order valence-electron chi connectivity index (χ3n) is 3.45. The second-order valence-corrected chi connectivity index (χ2v) is 9.15. The van der Waals surface area contributed by atoms with Crippen molar-refractivity contribution in [1.82, 2.24) is 10.1 Å². The van der Waals surface area contributed by atoms with Crippen LogP contribution in [0.1, 0.15) is 5.69 Å². The molecule has 3 rings (SSSR count). The molecule has 0 unspecified atom stereocenters. The molecule has 0 bridgehead atoms. The Bertz CT molecular complexity index is 717. The minimum Gasteiger partial charge on any atom is -0.276 e. The van der Waals surface area contributed by atoms with Gasteiger partial charge in [0.1, 0.15) is 0 Å². The molecule has 2 nitrogen and oxygen atoms in total. The second-order valence-electron chi connectivity index (χ2n) is 4.94. The van der Waals surface area contributed by atoms with Crippen molar-refractivity contribution >= 4 is 28.6 Å². The van der Waals surface area contributed by atoms with Crippen LogP contribution in [0.4, 0.5) is 0 Å². The summed E-state index contributed by atoms with van der Waals surface area (Å²) in [6.07, 6.45) is -0.235. The highest BCUT2D eigenvalue weighted by molar-refractivity contribution is 8.20. The first-order valence-corrected chi connectivity index (χ1v) is 9.95. The molecule has 0 aliphatic rings. The van der Waals surface area contributed by atoms with E-state index < -0.39 is 6.19 Å². The molecule has 0 saturated heterocycles. The summed E-state index contributed by atoms with van der Waals surface area (Å²) < 4.78 is 0. The lowest BCUT2D eigenvalue weighted by Gasteiger charge is -2.24. The maximum absolute atomic E-state index is 6.11. The summed E-state index contributed by atoms with van der Waals surface area (Å²) in [6.45, 7) is 0.669. The van der Waals surface area contributed by atoms with Crippen LogP contribution >= 0.6 is 6.19 Å². The molecule has 4 heteroatoms. The number of nitrogens with one attached hydrogen (secondary N) is 1. The molecule has 2 aromatic carbocycles. The number of rotatable bonds is 5. The minimum absolute atomic E-state index is 0.669. The third kappa shape index (κ3) is 3.33. The van der Waals surface area contributed by atoms with E-state index >= 15 is 0 Å². The molecular weight excluding hydrogens is 307 g/mol. The molecule has 1 heterocycles. The Hall–Kier alpha value is -1.80. The molecule has 0 radical (unpaired) electrons. The van der Waals surface area contributed by atoms with Crippen molar-refractivity contribution in [2.75, 3.05) is 0 Å². The summed E-state index contributed by atoms with van der Waals surface area (Å²) in [7, 11) is 0. The standard InChI is InChI=1S/C18H17N2PS/c22-21(17-10-3-1-4-11-17,18-12-5-2-6-13-18)20-15-16-9-7-8-14-19-16/h1-14H,15H2,(H,20,22). The van der Waals surface area contributed by atoms with E-state index in [4.69, 9.17) is 11.8 Å². The van der Waals surface area contributed by atoms with E-state index in [0.29, 0.717) is 6.54 Å². The second kappa shape index (κ2) is 6.97. The lowest BCUT2D eigenvalue weighted by molar-refractivity contribution is 0.914. The van der Waals surface area contributed by atoms with Crippen molar-refractivity contribution in [1.29, 1.82) is 0 Å². The zero-order chi connectivity index (χ0) is 15.3. The average Bonchev–Trinajstić information content (AvgIpc) is 2.62. The first-order valence-electron chi connectivity index (χ1n) is 7.15. The SMILES string of the molecule is S=P(NCc1ccccn1)(c1ccccc1)c1ccccc1. The molecule has 22 heavy (non-hydrogen) atoms. The van der Waals surface area contributed by atoms with Gasteiger partial charge in [0.15, 0.2) is 0 Å². The minimum atomic E-state index is -2.05. The van der Waals surface area contributed by atoms with Crippen LogP contribution in [0.2, 0.25) is 0 Å². The Morgan fingerprint density at radius 2 is 1.32 bits per heavy atom. The predicted octanol–water partition coefficient (Wildman–Crippen LogP) is 3.22. The van der Waals surface area contributed by atoms with E-state index in [9.17, 15) is 0 Å². The number of nitrogens with zero attached hydrogens (tertiary/aromatic N) is 1. The van der Waals surface area contributed by atoms with Gasteiger partial charge >= 0.3 is 0 Å².